The highest BCUT2D eigenvalue weighted by molar-refractivity contribution is 5.40. The standard InChI is InChI=1S/C14H21FN2/c15-13-8-14(11-16-10-13)17-9-12-6-4-2-1-3-5-7-12/h8,10-12,17H,1-7,9H2. The summed E-state index contributed by atoms with van der Waals surface area (Å²) in [6, 6.07) is 1.51. The van der Waals surface area contributed by atoms with Gasteiger partial charge in [0.1, 0.15) is 5.82 Å². The third-order valence-corrected chi connectivity index (χ3v) is 3.52. The highest BCUT2D eigenvalue weighted by atomic mass is 19.1. The second kappa shape index (κ2) is 6.58. The van der Waals surface area contributed by atoms with Crippen LogP contribution in [0.25, 0.3) is 0 Å². The Morgan fingerprint density at radius 1 is 1.12 bits per heavy atom. The number of aromatic nitrogens is 1. The second-order valence-corrected chi connectivity index (χ2v) is 4.98. The van der Waals surface area contributed by atoms with Gasteiger partial charge in [-0.15, -0.1) is 0 Å². The summed E-state index contributed by atoms with van der Waals surface area (Å²) >= 11 is 0. The van der Waals surface area contributed by atoms with Gasteiger partial charge in [-0.25, -0.2) is 4.39 Å². The van der Waals surface area contributed by atoms with Crippen LogP contribution in [0.2, 0.25) is 0 Å². The van der Waals surface area contributed by atoms with Gasteiger partial charge in [-0.2, -0.15) is 0 Å². The van der Waals surface area contributed by atoms with Crippen LogP contribution in [0.15, 0.2) is 18.5 Å². The van der Waals surface area contributed by atoms with E-state index in [1.54, 1.807) is 6.20 Å². The van der Waals surface area contributed by atoms with Crippen LogP contribution >= 0.6 is 0 Å². The Labute approximate surface area is 103 Å². The molecule has 1 aliphatic carbocycles. The average molecular weight is 236 g/mol. The Hall–Kier alpha value is -1.12. The summed E-state index contributed by atoms with van der Waals surface area (Å²) in [5.41, 5.74) is 0.798. The van der Waals surface area contributed by atoms with Crippen molar-refractivity contribution in [3.63, 3.8) is 0 Å². The SMILES string of the molecule is Fc1cncc(NCC2CCCCCCC2)c1. The van der Waals surface area contributed by atoms with Gasteiger partial charge < -0.3 is 5.32 Å². The maximum atomic E-state index is 12.9. The van der Waals surface area contributed by atoms with Gasteiger partial charge in [0.25, 0.3) is 0 Å². The van der Waals surface area contributed by atoms with E-state index in [-0.39, 0.29) is 5.82 Å². The Balaban J connectivity index is 1.79. The lowest BCUT2D eigenvalue weighted by Gasteiger charge is -2.20. The highest BCUT2D eigenvalue weighted by Crippen LogP contribution is 2.22. The highest BCUT2D eigenvalue weighted by Gasteiger charge is 2.11. The van der Waals surface area contributed by atoms with Crippen LogP contribution in [0.1, 0.15) is 44.9 Å². The lowest BCUT2D eigenvalue weighted by Crippen LogP contribution is -2.15. The molecule has 2 rings (SSSR count). The van der Waals surface area contributed by atoms with Crippen LogP contribution in [-0.2, 0) is 0 Å². The van der Waals surface area contributed by atoms with Gasteiger partial charge in [0.15, 0.2) is 0 Å². The van der Waals surface area contributed by atoms with Crippen molar-refractivity contribution >= 4 is 5.69 Å². The van der Waals surface area contributed by atoms with Gasteiger partial charge in [-0.1, -0.05) is 32.1 Å². The minimum atomic E-state index is -0.271. The van der Waals surface area contributed by atoms with Crippen LogP contribution in [0, 0.1) is 11.7 Å². The van der Waals surface area contributed by atoms with Gasteiger partial charge in [-0.3, -0.25) is 4.98 Å². The Kier molecular flexibility index (Phi) is 4.77. The summed E-state index contributed by atoms with van der Waals surface area (Å²) in [5.74, 6) is 0.464. The molecule has 0 saturated heterocycles. The van der Waals surface area contributed by atoms with Gasteiger partial charge in [0.2, 0.25) is 0 Å². The van der Waals surface area contributed by atoms with Crippen molar-refractivity contribution < 1.29 is 4.39 Å². The monoisotopic (exact) mass is 236 g/mol. The molecule has 1 aliphatic rings. The van der Waals surface area contributed by atoms with E-state index in [9.17, 15) is 4.39 Å². The summed E-state index contributed by atoms with van der Waals surface area (Å²) in [7, 11) is 0. The quantitative estimate of drug-likeness (QED) is 0.858. The molecule has 17 heavy (non-hydrogen) atoms. The maximum absolute atomic E-state index is 12.9. The van der Waals surface area contributed by atoms with E-state index < -0.39 is 0 Å². The molecule has 1 fully saturated rings. The lowest BCUT2D eigenvalue weighted by atomic mass is 9.91. The molecule has 0 spiro atoms. The van der Waals surface area contributed by atoms with E-state index in [4.69, 9.17) is 0 Å². The van der Waals surface area contributed by atoms with E-state index in [1.807, 2.05) is 0 Å². The zero-order valence-electron chi connectivity index (χ0n) is 10.3. The zero-order chi connectivity index (χ0) is 11.9. The number of anilines is 1. The van der Waals surface area contributed by atoms with E-state index in [0.29, 0.717) is 0 Å². The summed E-state index contributed by atoms with van der Waals surface area (Å²) in [6.07, 6.45) is 12.4. The number of halogens is 1. The molecule has 1 aromatic heterocycles. The third kappa shape index (κ3) is 4.33. The minimum absolute atomic E-state index is 0.271. The summed E-state index contributed by atoms with van der Waals surface area (Å²) in [6.45, 7) is 0.950. The predicted octanol–water partition coefficient (Wildman–Crippen LogP) is 3.99. The van der Waals surface area contributed by atoms with Crippen LogP contribution in [0.3, 0.4) is 0 Å². The molecule has 1 saturated carbocycles. The van der Waals surface area contributed by atoms with E-state index >= 15 is 0 Å². The molecule has 0 unspecified atom stereocenters. The molecule has 0 radical (unpaired) electrons. The lowest BCUT2D eigenvalue weighted by molar-refractivity contribution is 0.392. The Bertz CT molecular complexity index is 333. The number of hydrogen-bond acceptors (Lipinski definition) is 2. The molecule has 94 valence electrons. The Morgan fingerprint density at radius 2 is 1.82 bits per heavy atom. The normalized spacial score (nSPS) is 18.4. The fourth-order valence-corrected chi connectivity index (χ4v) is 2.52. The van der Waals surface area contributed by atoms with Crippen LogP contribution in [-0.4, -0.2) is 11.5 Å². The molecule has 0 bridgehead atoms. The van der Waals surface area contributed by atoms with Crippen molar-refractivity contribution in [2.24, 2.45) is 5.92 Å². The van der Waals surface area contributed by atoms with Gasteiger partial charge in [-0.05, 0) is 18.8 Å². The number of nitrogens with zero attached hydrogens (tertiary/aromatic N) is 1. The molecular formula is C14H21FN2. The molecule has 1 N–H and O–H groups in total. The first-order chi connectivity index (χ1) is 8.34. The number of rotatable bonds is 3. The molecule has 2 nitrogen and oxygen atoms in total. The number of hydrogen-bond donors (Lipinski definition) is 1. The second-order valence-electron chi connectivity index (χ2n) is 4.98. The first-order valence-electron chi connectivity index (χ1n) is 6.69. The number of nitrogens with one attached hydrogen (secondary N) is 1. The fourth-order valence-electron chi connectivity index (χ4n) is 2.52. The molecule has 0 atom stereocenters. The smallest absolute Gasteiger partial charge is 0.143 e. The molecule has 0 aliphatic heterocycles. The van der Waals surface area contributed by atoms with Crippen molar-refractivity contribution in [2.75, 3.05) is 11.9 Å². The van der Waals surface area contributed by atoms with Crippen LogP contribution in [0.4, 0.5) is 10.1 Å². The van der Waals surface area contributed by atoms with Crippen molar-refractivity contribution in [1.82, 2.24) is 4.98 Å². The van der Waals surface area contributed by atoms with Crippen LogP contribution in [0.5, 0.6) is 0 Å². The number of pyridine rings is 1. The fraction of sp³-hybridized carbons (Fsp3) is 0.643. The predicted molar refractivity (Wildman–Crippen MR) is 68.5 cm³/mol. The first kappa shape index (κ1) is 12.3. The minimum Gasteiger partial charge on any atom is -0.383 e. The van der Waals surface area contributed by atoms with Gasteiger partial charge in [0.05, 0.1) is 18.1 Å². The first-order valence-corrected chi connectivity index (χ1v) is 6.69. The molecular weight excluding hydrogens is 215 g/mol. The van der Waals surface area contributed by atoms with E-state index in [2.05, 4.69) is 10.3 Å². The topological polar surface area (TPSA) is 24.9 Å². The van der Waals surface area contributed by atoms with Crippen molar-refractivity contribution in [2.45, 2.75) is 44.9 Å². The van der Waals surface area contributed by atoms with Gasteiger partial charge in [0, 0.05) is 12.6 Å². The third-order valence-electron chi connectivity index (χ3n) is 3.52. The summed E-state index contributed by atoms with van der Waals surface area (Å²) < 4.78 is 12.9. The largest absolute Gasteiger partial charge is 0.383 e. The zero-order valence-corrected chi connectivity index (χ0v) is 10.3. The maximum Gasteiger partial charge on any atom is 0.143 e. The van der Waals surface area contributed by atoms with Crippen LogP contribution < -0.4 is 5.32 Å². The summed E-state index contributed by atoms with van der Waals surface area (Å²) in [4.78, 5) is 3.84. The molecule has 0 amide bonds. The van der Waals surface area contributed by atoms with Crippen molar-refractivity contribution in [3.8, 4) is 0 Å². The average Bonchev–Trinajstić information content (AvgIpc) is 2.27. The molecule has 0 aromatic carbocycles. The Morgan fingerprint density at radius 3 is 2.53 bits per heavy atom. The molecule has 3 heteroatoms. The molecule has 1 aromatic rings. The molecule has 1 heterocycles. The van der Waals surface area contributed by atoms with E-state index in [1.165, 1.54) is 57.2 Å². The van der Waals surface area contributed by atoms with Crippen molar-refractivity contribution in [3.05, 3.63) is 24.3 Å². The van der Waals surface area contributed by atoms with Crippen molar-refractivity contribution in [1.29, 1.82) is 0 Å². The summed E-state index contributed by atoms with van der Waals surface area (Å²) in [5, 5.41) is 3.30. The van der Waals surface area contributed by atoms with Gasteiger partial charge >= 0.3 is 0 Å². The van der Waals surface area contributed by atoms with E-state index in [0.717, 1.165) is 18.2 Å².